The predicted octanol–water partition coefficient (Wildman–Crippen LogP) is 14.8. The number of anilines is 2. The number of pyridine rings is 2. The lowest BCUT2D eigenvalue weighted by molar-refractivity contribution is -0.697. The molecule has 0 saturated carbocycles. The summed E-state index contributed by atoms with van der Waals surface area (Å²) in [6.07, 6.45) is 31.1. The molecule has 2 fully saturated rings. The number of aryl methyl sites for hydroxylation is 4. The van der Waals surface area contributed by atoms with Crippen LogP contribution in [0.15, 0.2) is 85.5 Å². The van der Waals surface area contributed by atoms with Gasteiger partial charge < -0.3 is 19.3 Å². The summed E-state index contributed by atoms with van der Waals surface area (Å²) in [5, 5.41) is 0. The van der Waals surface area contributed by atoms with Crippen LogP contribution in [0.25, 0.3) is 24.3 Å². The van der Waals surface area contributed by atoms with E-state index in [0.717, 1.165) is 65.7 Å². The molecule has 366 valence electrons. The molecule has 2 saturated heterocycles. The molecule has 0 unspecified atom stereocenters. The molecule has 0 spiro atoms. The topological polar surface area (TPSA) is 32.7 Å². The highest BCUT2D eigenvalue weighted by atomic mass is 16.5. The summed E-state index contributed by atoms with van der Waals surface area (Å²) >= 11 is 0. The first-order valence-electron chi connectivity index (χ1n) is 26.3. The summed E-state index contributed by atoms with van der Waals surface area (Å²) in [5.74, 6) is 0. The molecule has 2 aliphatic rings. The molecule has 6 rings (SSSR count). The fraction of sp³-hybridized carbons (Fsp3) is 0.559. The van der Waals surface area contributed by atoms with Gasteiger partial charge in [0.2, 0.25) is 0 Å². The minimum absolute atomic E-state index is 0.818. The number of unbranched alkanes of at least 4 members (excludes halogenated alkanes) is 8. The van der Waals surface area contributed by atoms with Gasteiger partial charge in [-0.05, 0) is 73.2 Å². The maximum atomic E-state index is 5.48. The third kappa shape index (κ3) is 25.6. The van der Waals surface area contributed by atoms with Crippen LogP contribution in [0.2, 0.25) is 6.82 Å². The van der Waals surface area contributed by atoms with Crippen LogP contribution in [-0.2, 0) is 22.6 Å². The van der Waals surface area contributed by atoms with Crippen molar-refractivity contribution in [3.05, 3.63) is 119 Å². The highest BCUT2D eigenvalue weighted by molar-refractivity contribution is 6.05. The lowest BCUT2D eigenvalue weighted by Gasteiger charge is -2.28. The Morgan fingerprint density at radius 3 is 1.05 bits per heavy atom. The molecule has 0 atom stereocenters. The van der Waals surface area contributed by atoms with Crippen LogP contribution in [0.4, 0.5) is 11.4 Å². The first-order chi connectivity index (χ1) is 32.5. The van der Waals surface area contributed by atoms with Crippen LogP contribution in [0, 0.1) is 13.8 Å². The van der Waals surface area contributed by atoms with Crippen LogP contribution < -0.4 is 18.9 Å². The van der Waals surface area contributed by atoms with Gasteiger partial charge in [-0.3, -0.25) is 0 Å². The number of nitrogens with zero attached hydrogens (tertiary/aromatic N) is 4. The standard InChI is InChI=1S/C46H60N4O2.C4H10.4C2H6.CH3B/c1-39-37-47(27-23-43(39)17-11-41-13-19-45(20-14-41)49-29-33-51-34-30-49)25-9-7-5-3-4-6-8-10-26-48-28-24-44(40(2)38-48)18-12-42-15-21-46(22-16-42)50-31-35-52-36-32-50;1-3-4-2;5*1-2/h11-24,27-28,37-38H,3-10,25-26,29-36H2,1-2H3;3-4H2,1-2H3;4*1-2H3;1H3/q+2;;;;;;. The van der Waals surface area contributed by atoms with Crippen molar-refractivity contribution in [2.45, 2.75) is 167 Å². The van der Waals surface area contributed by atoms with E-state index in [4.69, 9.17) is 9.47 Å². The zero-order chi connectivity index (χ0) is 49.2. The van der Waals surface area contributed by atoms with Gasteiger partial charge in [-0.1, -0.05) is 163 Å². The van der Waals surface area contributed by atoms with Crippen LogP contribution >= 0.6 is 0 Å². The molecule has 0 N–H and O–H groups in total. The summed E-state index contributed by atoms with van der Waals surface area (Å²) in [5.41, 5.74) is 10.3. The second-order valence-electron chi connectivity index (χ2n) is 15.5. The molecule has 4 aromatic rings. The molecular weight excluding hydrogens is 807 g/mol. The molecule has 0 bridgehead atoms. The van der Waals surface area contributed by atoms with E-state index in [1.54, 1.807) is 0 Å². The lowest BCUT2D eigenvalue weighted by atomic mass is 10.1. The third-order valence-electron chi connectivity index (χ3n) is 11.1. The molecule has 2 aromatic heterocycles. The van der Waals surface area contributed by atoms with E-state index in [-0.39, 0.29) is 0 Å². The maximum absolute atomic E-state index is 5.48. The normalized spacial score (nSPS) is 12.9. The van der Waals surface area contributed by atoms with Crippen LogP contribution in [0.1, 0.15) is 167 Å². The minimum Gasteiger partial charge on any atom is -0.378 e. The average molecular weight is 905 g/mol. The van der Waals surface area contributed by atoms with E-state index >= 15 is 0 Å². The molecule has 2 radical (unpaired) electrons. The predicted molar refractivity (Wildman–Crippen MR) is 294 cm³/mol. The van der Waals surface area contributed by atoms with Gasteiger partial charge in [-0.2, -0.15) is 0 Å². The van der Waals surface area contributed by atoms with E-state index in [0.29, 0.717) is 0 Å². The largest absolute Gasteiger partial charge is 0.378 e. The quantitative estimate of drug-likeness (QED) is 0.0566. The highest BCUT2D eigenvalue weighted by Gasteiger charge is 2.12. The molecule has 7 heteroatoms. The Balaban J connectivity index is 0.00000273. The Hall–Kier alpha value is -4.20. The van der Waals surface area contributed by atoms with Gasteiger partial charge in [0.25, 0.3) is 0 Å². The van der Waals surface area contributed by atoms with Crippen molar-refractivity contribution in [2.24, 2.45) is 0 Å². The van der Waals surface area contributed by atoms with Crippen LogP contribution in [0.3, 0.4) is 0 Å². The fourth-order valence-corrected chi connectivity index (χ4v) is 7.26. The van der Waals surface area contributed by atoms with E-state index in [2.05, 4.69) is 164 Å². The summed E-state index contributed by atoms with van der Waals surface area (Å²) in [6.45, 7) is 35.7. The van der Waals surface area contributed by atoms with E-state index in [1.807, 2.05) is 55.4 Å². The number of hydrogen-bond donors (Lipinski definition) is 0. The zero-order valence-corrected chi connectivity index (χ0v) is 44.7. The van der Waals surface area contributed by atoms with E-state index in [9.17, 15) is 0 Å². The molecule has 66 heavy (non-hydrogen) atoms. The van der Waals surface area contributed by atoms with Crippen molar-refractivity contribution in [3.63, 3.8) is 0 Å². The second-order valence-corrected chi connectivity index (χ2v) is 15.5. The van der Waals surface area contributed by atoms with Crippen molar-refractivity contribution >= 4 is 43.5 Å². The molecule has 2 aromatic carbocycles. The van der Waals surface area contributed by atoms with Gasteiger partial charge >= 0.3 is 0 Å². The smallest absolute Gasteiger partial charge is 0.172 e. The van der Waals surface area contributed by atoms with E-state index in [1.165, 1.54) is 116 Å². The van der Waals surface area contributed by atoms with Crippen molar-refractivity contribution in [2.75, 3.05) is 62.4 Å². The third-order valence-corrected chi connectivity index (χ3v) is 11.1. The second kappa shape index (κ2) is 42.2. The Bertz CT molecular complexity index is 1630. The van der Waals surface area contributed by atoms with Crippen molar-refractivity contribution in [3.8, 4) is 0 Å². The van der Waals surface area contributed by atoms with Gasteiger partial charge in [-0.15, -0.1) is 0 Å². The first-order valence-corrected chi connectivity index (χ1v) is 26.3. The van der Waals surface area contributed by atoms with E-state index < -0.39 is 0 Å². The molecule has 4 heterocycles. The maximum Gasteiger partial charge on any atom is 0.172 e. The molecule has 0 aliphatic carbocycles. The van der Waals surface area contributed by atoms with Crippen molar-refractivity contribution < 1.29 is 18.6 Å². The summed E-state index contributed by atoms with van der Waals surface area (Å²) < 4.78 is 15.7. The van der Waals surface area contributed by atoms with Gasteiger partial charge in [0.1, 0.15) is 13.1 Å². The Labute approximate surface area is 409 Å². The number of aromatic nitrogens is 2. The number of rotatable bonds is 18. The van der Waals surface area contributed by atoms with Crippen LogP contribution in [0.5, 0.6) is 0 Å². The minimum atomic E-state index is 0.818. The zero-order valence-electron chi connectivity index (χ0n) is 44.7. The lowest BCUT2D eigenvalue weighted by Crippen LogP contribution is -2.36. The highest BCUT2D eigenvalue weighted by Crippen LogP contribution is 2.20. The van der Waals surface area contributed by atoms with Gasteiger partial charge in [0.05, 0.1) is 34.3 Å². The number of hydrogen-bond acceptors (Lipinski definition) is 4. The SMILES string of the molecule is CC.CC.CC.CC.CCCC.Cc1c[n+](CCCCCCCCCC[n+]2ccc(/C=C/c3ccc(N4CCOCC4)cc3)c(C)c2)ccc1/C=C/c1ccc(N2CCOCC2)cc1.[B]C. The first kappa shape index (κ1) is 61.8. The number of morpholine rings is 2. The molecule has 2 aliphatic heterocycles. The Morgan fingerprint density at radius 1 is 0.455 bits per heavy atom. The average Bonchev–Trinajstić information content (AvgIpc) is 3.40. The van der Waals surface area contributed by atoms with Crippen molar-refractivity contribution in [1.82, 2.24) is 0 Å². The Morgan fingerprint density at radius 2 is 0.758 bits per heavy atom. The number of benzene rings is 2. The van der Waals surface area contributed by atoms with Crippen molar-refractivity contribution in [1.29, 1.82) is 0 Å². The van der Waals surface area contributed by atoms with Gasteiger partial charge in [0.15, 0.2) is 24.8 Å². The Kier molecular flexibility index (Phi) is 39.5. The molecular formula is C59H97BN4O2+2. The summed E-state index contributed by atoms with van der Waals surface area (Å²) in [6, 6.07) is 22.3. The molecule has 0 amide bonds. The van der Waals surface area contributed by atoms with Gasteiger partial charge in [0, 0.05) is 73.7 Å². The summed E-state index contributed by atoms with van der Waals surface area (Å²) in [4.78, 5) is 4.79. The number of ether oxygens (including phenoxy) is 2. The van der Waals surface area contributed by atoms with Crippen LogP contribution in [-0.4, -0.2) is 60.5 Å². The molecule has 6 nitrogen and oxygen atoms in total. The summed E-state index contributed by atoms with van der Waals surface area (Å²) in [7, 11) is 4.50. The van der Waals surface area contributed by atoms with Gasteiger partial charge in [-0.25, -0.2) is 9.13 Å². The fourth-order valence-electron chi connectivity index (χ4n) is 7.26. The monoisotopic (exact) mass is 905 g/mol.